The largest absolute Gasteiger partial charge is 0.480 e. The number of hydrogen-bond acceptors (Lipinski definition) is 9. The van der Waals surface area contributed by atoms with E-state index >= 15 is 0 Å². The van der Waals surface area contributed by atoms with E-state index in [2.05, 4.69) is 6.92 Å². The molecule has 41 heavy (non-hydrogen) atoms. The molecule has 0 bridgehead atoms. The minimum atomic E-state index is -1.84. The van der Waals surface area contributed by atoms with Gasteiger partial charge in [-0.25, -0.2) is 4.79 Å². The molecule has 4 aliphatic carbocycles. The van der Waals surface area contributed by atoms with Crippen molar-refractivity contribution in [2.45, 2.75) is 95.8 Å². The molecular formula is C30H39NO10. The first-order chi connectivity index (χ1) is 19.2. The minimum absolute atomic E-state index is 0.00604. The van der Waals surface area contributed by atoms with Gasteiger partial charge in [0, 0.05) is 43.6 Å². The highest BCUT2D eigenvalue weighted by atomic mass is 16.5. The number of amides is 1. The second-order valence-corrected chi connectivity index (χ2v) is 13.2. The molecule has 8 atom stereocenters. The molecule has 0 spiro atoms. The number of carbonyl (C=O) groups excluding carboxylic acids is 5. The van der Waals surface area contributed by atoms with E-state index in [0.29, 0.717) is 19.3 Å². The number of fused-ring (bicyclic) bond motifs is 5. The molecule has 5 rings (SSSR count). The first-order valence-electron chi connectivity index (χ1n) is 14.6. The topological polar surface area (TPSA) is 176 Å². The van der Waals surface area contributed by atoms with Crippen molar-refractivity contribution in [2.75, 3.05) is 13.2 Å². The molecule has 1 amide bonds. The Morgan fingerprint density at radius 3 is 2.51 bits per heavy atom. The number of hydrogen-bond donors (Lipinski definition) is 3. The zero-order valence-corrected chi connectivity index (χ0v) is 23.6. The third-order valence-corrected chi connectivity index (χ3v) is 11.1. The maximum atomic E-state index is 13.7. The normalized spacial score (nSPS) is 39.9. The average molecular weight is 574 g/mol. The first-order valence-corrected chi connectivity index (χ1v) is 14.6. The van der Waals surface area contributed by atoms with E-state index in [9.17, 15) is 44.1 Å². The highest BCUT2D eigenvalue weighted by Crippen LogP contribution is 2.66. The van der Waals surface area contributed by atoms with Crippen molar-refractivity contribution in [2.24, 2.45) is 28.6 Å². The molecule has 0 aromatic rings. The monoisotopic (exact) mass is 573 g/mol. The number of carboxylic acids is 1. The van der Waals surface area contributed by atoms with Gasteiger partial charge in [-0.05, 0) is 55.4 Å². The molecule has 3 saturated carbocycles. The summed E-state index contributed by atoms with van der Waals surface area (Å²) in [5.74, 6) is -3.58. The fourth-order valence-electron chi connectivity index (χ4n) is 8.86. The van der Waals surface area contributed by atoms with E-state index in [1.165, 1.54) is 0 Å². The third kappa shape index (κ3) is 4.74. The molecule has 11 heteroatoms. The number of nitrogens with zero attached hydrogens (tertiary/aromatic N) is 1. The molecule has 4 fully saturated rings. The zero-order chi connectivity index (χ0) is 29.9. The van der Waals surface area contributed by atoms with Crippen LogP contribution >= 0.6 is 0 Å². The number of rotatable bonds is 7. The van der Waals surface area contributed by atoms with Crippen molar-refractivity contribution in [3.05, 3.63) is 11.6 Å². The summed E-state index contributed by atoms with van der Waals surface area (Å²) in [6, 6.07) is -1.16. The standard InChI is InChI=1S/C30H39NO10/c1-28-9-7-17(32)11-16(28)3-4-19-20-8-10-30(40,29(20,2)13-22(34)26(19)28)23(35)15-41-25(37)6-5-24(36)31-14-18(33)12-21(31)27(38)39/h11,18-21,26,33,40H,3-10,12-15H2,1-2H3,(H,38,39). The molecule has 8 unspecified atom stereocenters. The molecular weight excluding hydrogens is 534 g/mol. The molecule has 5 aliphatic rings. The van der Waals surface area contributed by atoms with Crippen LogP contribution in [0.3, 0.4) is 0 Å². The number of β-amino-alcohol motifs (C(OH)–C–C–N with tert-alkyl or cyclic N) is 1. The van der Waals surface area contributed by atoms with E-state index in [0.717, 1.165) is 23.3 Å². The molecule has 0 aromatic carbocycles. The van der Waals surface area contributed by atoms with Gasteiger partial charge in [0.15, 0.2) is 12.4 Å². The van der Waals surface area contributed by atoms with E-state index in [1.807, 2.05) is 0 Å². The predicted octanol–water partition coefficient (Wildman–Crippen LogP) is 1.37. The Labute approximate surface area is 238 Å². The van der Waals surface area contributed by atoms with Crippen LogP contribution in [0, 0.1) is 28.6 Å². The van der Waals surface area contributed by atoms with Crippen LogP contribution in [-0.4, -0.2) is 86.3 Å². The number of carbonyl (C=O) groups is 6. The Morgan fingerprint density at radius 2 is 1.80 bits per heavy atom. The van der Waals surface area contributed by atoms with Gasteiger partial charge >= 0.3 is 11.9 Å². The summed E-state index contributed by atoms with van der Waals surface area (Å²) in [6.45, 7) is 3.04. The molecule has 1 heterocycles. The van der Waals surface area contributed by atoms with Gasteiger partial charge in [0.2, 0.25) is 11.7 Å². The van der Waals surface area contributed by atoms with Gasteiger partial charge in [-0.3, -0.25) is 24.0 Å². The predicted molar refractivity (Wildman–Crippen MR) is 141 cm³/mol. The van der Waals surface area contributed by atoms with E-state index in [-0.39, 0.29) is 73.4 Å². The van der Waals surface area contributed by atoms with E-state index < -0.39 is 53.4 Å². The summed E-state index contributed by atoms with van der Waals surface area (Å²) in [6.07, 6.45) is 3.19. The Hall–Kier alpha value is -2.92. The van der Waals surface area contributed by atoms with E-state index in [4.69, 9.17) is 4.74 Å². The van der Waals surface area contributed by atoms with Gasteiger partial charge < -0.3 is 25.0 Å². The van der Waals surface area contributed by atoms with Crippen LogP contribution in [0.2, 0.25) is 0 Å². The smallest absolute Gasteiger partial charge is 0.326 e. The molecule has 11 nitrogen and oxygen atoms in total. The van der Waals surface area contributed by atoms with Crippen LogP contribution < -0.4 is 0 Å². The van der Waals surface area contributed by atoms with Crippen molar-refractivity contribution in [3.63, 3.8) is 0 Å². The zero-order valence-electron chi connectivity index (χ0n) is 23.6. The van der Waals surface area contributed by atoms with Crippen LogP contribution in [0.4, 0.5) is 0 Å². The van der Waals surface area contributed by atoms with Gasteiger partial charge in [-0.2, -0.15) is 0 Å². The summed E-state index contributed by atoms with van der Waals surface area (Å²) in [7, 11) is 0. The number of esters is 1. The second-order valence-electron chi connectivity index (χ2n) is 13.2. The fourth-order valence-corrected chi connectivity index (χ4v) is 8.86. The number of allylic oxidation sites excluding steroid dienone is 1. The summed E-state index contributed by atoms with van der Waals surface area (Å²) < 4.78 is 5.14. The molecule has 224 valence electrons. The second kappa shape index (κ2) is 10.4. The lowest BCUT2D eigenvalue weighted by Crippen LogP contribution is -2.61. The van der Waals surface area contributed by atoms with Crippen LogP contribution in [0.15, 0.2) is 11.6 Å². The molecule has 3 N–H and O–H groups in total. The number of ketones is 3. The average Bonchev–Trinajstić information content (AvgIpc) is 3.43. The minimum Gasteiger partial charge on any atom is -0.480 e. The Kier molecular flexibility index (Phi) is 7.51. The van der Waals surface area contributed by atoms with Crippen LogP contribution in [-0.2, 0) is 33.5 Å². The Morgan fingerprint density at radius 1 is 1.07 bits per heavy atom. The van der Waals surface area contributed by atoms with Crippen LogP contribution in [0.5, 0.6) is 0 Å². The van der Waals surface area contributed by atoms with Crippen molar-refractivity contribution < 1.29 is 48.8 Å². The maximum Gasteiger partial charge on any atom is 0.326 e. The Bertz CT molecular complexity index is 1230. The fraction of sp³-hybridized carbons (Fsp3) is 0.733. The molecule has 0 aromatic heterocycles. The lowest BCUT2D eigenvalue weighted by molar-refractivity contribution is -0.174. The number of ether oxygens (including phenoxy) is 1. The number of aliphatic hydroxyl groups is 2. The van der Waals surface area contributed by atoms with E-state index in [1.54, 1.807) is 13.0 Å². The highest BCUT2D eigenvalue weighted by molar-refractivity contribution is 5.95. The molecule has 1 aliphatic heterocycles. The van der Waals surface area contributed by atoms with Crippen molar-refractivity contribution >= 4 is 35.2 Å². The highest BCUT2D eigenvalue weighted by Gasteiger charge is 2.68. The quantitative estimate of drug-likeness (QED) is 0.377. The SMILES string of the molecule is CC12CCC(=O)C=C1CCC1C2C(=O)CC2(C)C1CCC2(O)C(=O)COC(=O)CCC(=O)N1CC(O)CC1C(=O)O. The van der Waals surface area contributed by atoms with Gasteiger partial charge in [-0.15, -0.1) is 0 Å². The summed E-state index contributed by atoms with van der Waals surface area (Å²) >= 11 is 0. The maximum absolute atomic E-state index is 13.7. The van der Waals surface area contributed by atoms with Crippen molar-refractivity contribution in [1.82, 2.24) is 4.90 Å². The molecule has 1 saturated heterocycles. The van der Waals surface area contributed by atoms with Crippen molar-refractivity contribution in [3.8, 4) is 0 Å². The summed E-state index contributed by atoms with van der Waals surface area (Å²) in [5.41, 5.74) is -2.19. The van der Waals surface area contributed by atoms with Gasteiger partial charge in [0.1, 0.15) is 17.4 Å². The number of carboxylic acid groups (broad SMARTS) is 1. The van der Waals surface area contributed by atoms with Gasteiger partial charge in [-0.1, -0.05) is 19.4 Å². The number of aliphatic carboxylic acids is 1. The number of aliphatic hydroxyl groups excluding tert-OH is 1. The van der Waals surface area contributed by atoms with Crippen LogP contribution in [0.25, 0.3) is 0 Å². The first kappa shape index (κ1) is 29.6. The lowest BCUT2D eigenvalue weighted by atomic mass is 9.46. The third-order valence-electron chi connectivity index (χ3n) is 11.1. The summed E-state index contributed by atoms with van der Waals surface area (Å²) in [4.78, 5) is 76.4. The Balaban J connectivity index is 1.21. The summed E-state index contributed by atoms with van der Waals surface area (Å²) in [5, 5.41) is 30.7. The number of likely N-dealkylation sites (tertiary alicyclic amines) is 1. The lowest BCUT2D eigenvalue weighted by Gasteiger charge is -2.57. The van der Waals surface area contributed by atoms with Gasteiger partial charge in [0.05, 0.1) is 12.5 Å². The van der Waals surface area contributed by atoms with Crippen molar-refractivity contribution in [1.29, 1.82) is 0 Å². The molecule has 0 radical (unpaired) electrons. The number of Topliss-reactive ketones (excluding diaryl/α,β-unsaturated/α-hetero) is 2. The van der Waals surface area contributed by atoms with Crippen LogP contribution in [0.1, 0.15) is 78.1 Å². The van der Waals surface area contributed by atoms with Gasteiger partial charge in [0.25, 0.3) is 0 Å².